The minimum Gasteiger partial charge on any atom is -0.497 e. The summed E-state index contributed by atoms with van der Waals surface area (Å²) in [4.78, 5) is 12.0. The van der Waals surface area contributed by atoms with E-state index < -0.39 is 0 Å². The van der Waals surface area contributed by atoms with Crippen LogP contribution in [0.5, 0.6) is 11.5 Å². The number of hydrogen-bond donors (Lipinski definition) is 0. The van der Waals surface area contributed by atoms with Gasteiger partial charge in [0, 0.05) is 38.8 Å². The third kappa shape index (κ3) is 3.61. The van der Waals surface area contributed by atoms with Crippen molar-refractivity contribution >= 4 is 27.7 Å². The lowest BCUT2D eigenvalue weighted by atomic mass is 9.94. The molecule has 146 valence electrons. The quantitative estimate of drug-likeness (QED) is 0.361. The van der Waals surface area contributed by atoms with Crippen LogP contribution < -0.4 is 9.47 Å². The first-order valence-electron chi connectivity index (χ1n) is 9.12. The predicted molar refractivity (Wildman–Crippen MR) is 116 cm³/mol. The predicted octanol–water partition coefficient (Wildman–Crippen LogP) is 6.13. The molecule has 0 radical (unpaired) electrons. The fourth-order valence-electron chi connectivity index (χ4n) is 3.44. The zero-order valence-corrected chi connectivity index (χ0v) is 16.9. The molecular weight excluding hydrogens is 387 g/mol. The van der Waals surface area contributed by atoms with Crippen LogP contribution in [0.3, 0.4) is 0 Å². The highest BCUT2D eigenvalue weighted by Gasteiger charge is 2.20. The van der Waals surface area contributed by atoms with Gasteiger partial charge in [-0.05, 0) is 41.3 Å². The molecule has 0 fully saturated rings. The van der Waals surface area contributed by atoms with Crippen molar-refractivity contribution < 1.29 is 18.7 Å². The Kier molecular flexibility index (Phi) is 5.32. The molecule has 0 aliphatic heterocycles. The van der Waals surface area contributed by atoms with Gasteiger partial charge in [0.15, 0.2) is 0 Å². The molecule has 5 heteroatoms. The summed E-state index contributed by atoms with van der Waals surface area (Å²) in [6, 6.07) is 18.6. The van der Waals surface area contributed by atoms with Crippen molar-refractivity contribution in [2.24, 2.45) is 0 Å². The number of rotatable bonds is 6. The van der Waals surface area contributed by atoms with E-state index in [0.29, 0.717) is 22.6 Å². The van der Waals surface area contributed by atoms with Crippen LogP contribution in [0.4, 0.5) is 4.39 Å². The van der Waals surface area contributed by atoms with E-state index in [-0.39, 0.29) is 12.2 Å². The van der Waals surface area contributed by atoms with Gasteiger partial charge >= 0.3 is 0 Å². The molecule has 0 aliphatic rings. The number of hydrogen-bond acceptors (Lipinski definition) is 4. The molecule has 0 amide bonds. The molecular formula is C24H19FO3S. The standard InChI is InChI=1S/C24H19FO3S/c1-27-17-13-19(23-12-16-5-3-4-6-22(16)29-23)24(21(14-17)28-2)18-11-15(9-10-26)7-8-20(18)25/h3-8,10-14H,9H2,1-2H3. The number of thiophene rings is 1. The van der Waals surface area contributed by atoms with Crippen LogP contribution in [0, 0.1) is 5.82 Å². The summed E-state index contributed by atoms with van der Waals surface area (Å²) in [6.45, 7) is 0. The first kappa shape index (κ1) is 19.2. The Morgan fingerprint density at radius 2 is 1.79 bits per heavy atom. The van der Waals surface area contributed by atoms with E-state index in [1.165, 1.54) is 6.07 Å². The lowest BCUT2D eigenvalue weighted by molar-refractivity contribution is -0.107. The number of halogens is 1. The van der Waals surface area contributed by atoms with E-state index in [4.69, 9.17) is 9.47 Å². The van der Waals surface area contributed by atoms with Crippen LogP contribution in [0.2, 0.25) is 0 Å². The first-order chi connectivity index (χ1) is 14.1. The summed E-state index contributed by atoms with van der Waals surface area (Å²) in [5.74, 6) is 0.770. The summed E-state index contributed by atoms with van der Waals surface area (Å²) < 4.78 is 27.1. The lowest BCUT2D eigenvalue weighted by Gasteiger charge is -2.17. The fourth-order valence-corrected chi connectivity index (χ4v) is 4.53. The Bertz CT molecular complexity index is 1160. The van der Waals surface area contributed by atoms with Gasteiger partial charge in [-0.1, -0.05) is 24.3 Å². The van der Waals surface area contributed by atoms with E-state index in [1.807, 2.05) is 18.2 Å². The minimum atomic E-state index is -0.370. The third-order valence-corrected chi connectivity index (χ3v) is 5.99. The monoisotopic (exact) mass is 406 g/mol. The summed E-state index contributed by atoms with van der Waals surface area (Å²) >= 11 is 1.63. The number of aldehydes is 1. The summed E-state index contributed by atoms with van der Waals surface area (Å²) in [7, 11) is 3.15. The van der Waals surface area contributed by atoms with Crippen molar-refractivity contribution in [3.63, 3.8) is 0 Å². The highest BCUT2D eigenvalue weighted by molar-refractivity contribution is 7.22. The second kappa shape index (κ2) is 8.05. The Morgan fingerprint density at radius 1 is 0.966 bits per heavy atom. The summed E-state index contributed by atoms with van der Waals surface area (Å²) in [6.07, 6.45) is 1.04. The topological polar surface area (TPSA) is 35.5 Å². The second-order valence-corrected chi connectivity index (χ2v) is 7.67. The molecule has 3 aromatic carbocycles. The molecule has 0 saturated heterocycles. The van der Waals surface area contributed by atoms with Crippen LogP contribution in [-0.4, -0.2) is 20.5 Å². The average Bonchev–Trinajstić information content (AvgIpc) is 3.18. The molecule has 3 nitrogen and oxygen atoms in total. The van der Waals surface area contributed by atoms with E-state index >= 15 is 0 Å². The van der Waals surface area contributed by atoms with Gasteiger partial charge in [-0.15, -0.1) is 11.3 Å². The SMILES string of the molecule is COc1cc(OC)c(-c2cc(CC=O)ccc2F)c(-c2cc3ccccc3s2)c1. The van der Waals surface area contributed by atoms with Gasteiger partial charge < -0.3 is 14.3 Å². The third-order valence-electron chi connectivity index (χ3n) is 4.84. The van der Waals surface area contributed by atoms with Crippen molar-refractivity contribution in [2.45, 2.75) is 6.42 Å². The Hall–Kier alpha value is -3.18. The molecule has 4 rings (SSSR count). The highest BCUT2D eigenvalue weighted by Crippen LogP contribution is 2.46. The number of carbonyl (C=O) groups excluding carboxylic acids is 1. The molecule has 0 unspecified atom stereocenters. The normalized spacial score (nSPS) is 10.9. The van der Waals surface area contributed by atoms with Gasteiger partial charge in [0.05, 0.1) is 14.2 Å². The molecule has 0 atom stereocenters. The Labute approximate surface area is 172 Å². The maximum Gasteiger partial charge on any atom is 0.131 e. The molecule has 0 N–H and O–H groups in total. The second-order valence-electron chi connectivity index (χ2n) is 6.59. The van der Waals surface area contributed by atoms with E-state index in [1.54, 1.807) is 43.8 Å². The molecule has 0 aliphatic carbocycles. The smallest absolute Gasteiger partial charge is 0.131 e. The van der Waals surface area contributed by atoms with Crippen LogP contribution in [0.1, 0.15) is 5.56 Å². The van der Waals surface area contributed by atoms with Crippen LogP contribution in [0.15, 0.2) is 60.7 Å². The molecule has 1 heterocycles. The maximum absolute atomic E-state index is 14.9. The van der Waals surface area contributed by atoms with Gasteiger partial charge in [-0.2, -0.15) is 0 Å². The van der Waals surface area contributed by atoms with E-state index in [2.05, 4.69) is 18.2 Å². The molecule has 29 heavy (non-hydrogen) atoms. The van der Waals surface area contributed by atoms with Gasteiger partial charge in [0.2, 0.25) is 0 Å². The number of benzene rings is 3. The highest BCUT2D eigenvalue weighted by atomic mass is 32.1. The Morgan fingerprint density at radius 3 is 2.52 bits per heavy atom. The molecule has 0 spiro atoms. The average molecular weight is 406 g/mol. The number of fused-ring (bicyclic) bond motifs is 1. The van der Waals surface area contributed by atoms with Gasteiger partial charge in [0.25, 0.3) is 0 Å². The van der Waals surface area contributed by atoms with Crippen molar-refractivity contribution in [1.29, 1.82) is 0 Å². The summed E-state index contributed by atoms with van der Waals surface area (Å²) in [5.41, 5.74) is 2.61. The van der Waals surface area contributed by atoms with Crippen LogP contribution in [0.25, 0.3) is 31.7 Å². The van der Waals surface area contributed by atoms with E-state index in [0.717, 1.165) is 32.4 Å². The molecule has 1 aromatic heterocycles. The molecule has 4 aromatic rings. The lowest BCUT2D eigenvalue weighted by Crippen LogP contribution is -1.97. The summed E-state index contributed by atoms with van der Waals surface area (Å²) in [5, 5.41) is 1.12. The molecule has 0 bridgehead atoms. The van der Waals surface area contributed by atoms with E-state index in [9.17, 15) is 9.18 Å². The zero-order chi connectivity index (χ0) is 20.4. The van der Waals surface area contributed by atoms with Crippen molar-refractivity contribution in [3.05, 3.63) is 72.0 Å². The van der Waals surface area contributed by atoms with Gasteiger partial charge in [0.1, 0.15) is 23.6 Å². The molecule has 0 saturated carbocycles. The largest absolute Gasteiger partial charge is 0.497 e. The minimum absolute atomic E-state index is 0.226. The maximum atomic E-state index is 14.9. The van der Waals surface area contributed by atoms with Gasteiger partial charge in [-0.25, -0.2) is 4.39 Å². The van der Waals surface area contributed by atoms with Crippen molar-refractivity contribution in [3.8, 4) is 33.1 Å². The Balaban J connectivity index is 2.02. The van der Waals surface area contributed by atoms with Gasteiger partial charge in [-0.3, -0.25) is 0 Å². The number of methoxy groups -OCH3 is 2. The first-order valence-corrected chi connectivity index (χ1v) is 9.93. The zero-order valence-electron chi connectivity index (χ0n) is 16.1. The van der Waals surface area contributed by atoms with Crippen LogP contribution >= 0.6 is 11.3 Å². The van der Waals surface area contributed by atoms with Crippen molar-refractivity contribution in [2.75, 3.05) is 14.2 Å². The van der Waals surface area contributed by atoms with Crippen LogP contribution in [-0.2, 0) is 11.2 Å². The number of ether oxygens (including phenoxy) is 2. The number of carbonyl (C=O) groups is 1. The van der Waals surface area contributed by atoms with Crippen molar-refractivity contribution in [1.82, 2.24) is 0 Å². The fraction of sp³-hybridized carbons (Fsp3) is 0.125.